The van der Waals surface area contributed by atoms with Gasteiger partial charge in [0.1, 0.15) is 5.75 Å². The third kappa shape index (κ3) is 3.58. The van der Waals surface area contributed by atoms with Gasteiger partial charge in [-0.1, -0.05) is 18.2 Å². The molecule has 0 saturated carbocycles. The van der Waals surface area contributed by atoms with Gasteiger partial charge in [0.25, 0.3) is 5.56 Å². The number of hydrogen-bond donors (Lipinski definition) is 0. The van der Waals surface area contributed by atoms with Crippen molar-refractivity contribution in [3.8, 4) is 5.75 Å². The van der Waals surface area contributed by atoms with E-state index >= 15 is 0 Å². The Morgan fingerprint density at radius 1 is 1.08 bits per heavy atom. The lowest BCUT2D eigenvalue weighted by atomic mass is 9.99. The number of nitrogens with zero attached hydrogens (tertiary/aromatic N) is 3. The lowest BCUT2D eigenvalue weighted by molar-refractivity contribution is 0.285. The van der Waals surface area contributed by atoms with Gasteiger partial charge in [-0.15, -0.1) is 0 Å². The van der Waals surface area contributed by atoms with Crippen molar-refractivity contribution in [2.24, 2.45) is 14.1 Å². The Kier molecular flexibility index (Phi) is 4.90. The molecule has 6 nitrogen and oxygen atoms in total. The fourth-order valence-electron chi connectivity index (χ4n) is 3.08. The molecule has 0 bridgehead atoms. The van der Waals surface area contributed by atoms with Crippen LogP contribution in [0.2, 0.25) is 0 Å². The average molecular weight is 341 g/mol. The van der Waals surface area contributed by atoms with Gasteiger partial charge in [-0.3, -0.25) is 18.8 Å². The summed E-state index contributed by atoms with van der Waals surface area (Å²) in [6.07, 6.45) is 3.15. The van der Waals surface area contributed by atoms with Crippen molar-refractivity contribution in [1.29, 1.82) is 0 Å². The van der Waals surface area contributed by atoms with E-state index in [2.05, 4.69) is 23.1 Å². The molecule has 132 valence electrons. The van der Waals surface area contributed by atoms with E-state index in [0.29, 0.717) is 6.54 Å². The standard InChI is InChI=1S/C19H23N3O3/c1-20-16(12-18(23)21(2)19(20)24)13-22-10-8-15(9-11-22)14-4-6-17(25-3)7-5-14/h4-8,12H,9-11,13H2,1-3H3. The summed E-state index contributed by atoms with van der Waals surface area (Å²) in [6, 6.07) is 9.64. The normalized spacial score (nSPS) is 15.1. The molecule has 0 fully saturated rings. The molecular weight excluding hydrogens is 318 g/mol. The van der Waals surface area contributed by atoms with E-state index in [0.717, 1.165) is 35.5 Å². The Hall–Kier alpha value is -2.60. The van der Waals surface area contributed by atoms with Crippen molar-refractivity contribution in [1.82, 2.24) is 14.0 Å². The predicted molar refractivity (Wildman–Crippen MR) is 97.8 cm³/mol. The molecule has 2 aromatic rings. The van der Waals surface area contributed by atoms with Gasteiger partial charge in [-0.05, 0) is 29.7 Å². The first-order chi connectivity index (χ1) is 12.0. The highest BCUT2D eigenvalue weighted by atomic mass is 16.5. The smallest absolute Gasteiger partial charge is 0.330 e. The van der Waals surface area contributed by atoms with Gasteiger partial charge in [-0.2, -0.15) is 0 Å². The molecule has 0 aliphatic carbocycles. The molecule has 0 radical (unpaired) electrons. The summed E-state index contributed by atoms with van der Waals surface area (Å²) >= 11 is 0. The maximum atomic E-state index is 12.0. The molecule has 1 aliphatic heterocycles. The minimum absolute atomic E-state index is 0.260. The van der Waals surface area contributed by atoms with Gasteiger partial charge in [-0.25, -0.2) is 4.79 Å². The van der Waals surface area contributed by atoms with E-state index in [9.17, 15) is 9.59 Å². The van der Waals surface area contributed by atoms with Crippen molar-refractivity contribution in [3.05, 3.63) is 68.5 Å². The van der Waals surface area contributed by atoms with Crippen LogP contribution >= 0.6 is 0 Å². The summed E-state index contributed by atoms with van der Waals surface area (Å²) in [5, 5.41) is 0. The molecule has 1 aliphatic rings. The van der Waals surface area contributed by atoms with Gasteiger partial charge in [0.15, 0.2) is 0 Å². The third-order valence-electron chi connectivity index (χ3n) is 4.77. The number of methoxy groups -OCH3 is 1. The van der Waals surface area contributed by atoms with Crippen LogP contribution in [0, 0.1) is 0 Å². The molecule has 6 heteroatoms. The van der Waals surface area contributed by atoms with Crippen molar-refractivity contribution >= 4 is 5.57 Å². The lowest BCUT2D eigenvalue weighted by Gasteiger charge is -2.27. The van der Waals surface area contributed by atoms with Crippen LogP contribution in [0.3, 0.4) is 0 Å². The molecule has 2 heterocycles. The molecule has 0 saturated heterocycles. The number of benzene rings is 1. The van der Waals surface area contributed by atoms with Crippen molar-refractivity contribution in [3.63, 3.8) is 0 Å². The maximum Gasteiger partial charge on any atom is 0.330 e. The summed E-state index contributed by atoms with van der Waals surface area (Å²) in [5.41, 5.74) is 2.73. The molecule has 0 amide bonds. The number of aromatic nitrogens is 2. The minimum Gasteiger partial charge on any atom is -0.497 e. The van der Waals surface area contributed by atoms with Gasteiger partial charge < -0.3 is 4.74 Å². The van der Waals surface area contributed by atoms with Crippen LogP contribution in [0.25, 0.3) is 5.57 Å². The molecule has 25 heavy (non-hydrogen) atoms. The summed E-state index contributed by atoms with van der Waals surface area (Å²) in [5.74, 6) is 0.855. The summed E-state index contributed by atoms with van der Waals surface area (Å²) in [4.78, 5) is 26.1. The molecule has 1 aromatic carbocycles. The molecule has 0 unspecified atom stereocenters. The van der Waals surface area contributed by atoms with Crippen molar-refractivity contribution in [2.75, 3.05) is 20.2 Å². The molecule has 0 N–H and O–H groups in total. The van der Waals surface area contributed by atoms with Crippen LogP contribution in [0.4, 0.5) is 0 Å². The second-order valence-electron chi connectivity index (χ2n) is 6.32. The Labute approximate surface area is 146 Å². The molecular formula is C19H23N3O3. The quantitative estimate of drug-likeness (QED) is 0.843. The molecule has 0 spiro atoms. The Bertz CT molecular complexity index is 907. The van der Waals surface area contributed by atoms with Crippen LogP contribution in [-0.2, 0) is 20.6 Å². The molecule has 1 aromatic heterocycles. The first kappa shape index (κ1) is 17.2. The van der Waals surface area contributed by atoms with Crippen molar-refractivity contribution < 1.29 is 4.74 Å². The highest BCUT2D eigenvalue weighted by Gasteiger charge is 2.15. The lowest BCUT2D eigenvalue weighted by Crippen LogP contribution is -2.40. The van der Waals surface area contributed by atoms with E-state index in [-0.39, 0.29) is 11.2 Å². The Morgan fingerprint density at radius 2 is 1.80 bits per heavy atom. The average Bonchev–Trinajstić information content (AvgIpc) is 2.65. The van der Waals surface area contributed by atoms with Gasteiger partial charge >= 0.3 is 5.69 Å². The number of hydrogen-bond acceptors (Lipinski definition) is 4. The van der Waals surface area contributed by atoms with Crippen LogP contribution in [0.15, 0.2) is 46.0 Å². The first-order valence-corrected chi connectivity index (χ1v) is 8.31. The van der Waals surface area contributed by atoms with E-state index in [4.69, 9.17) is 4.74 Å². The van der Waals surface area contributed by atoms with Gasteiger partial charge in [0.2, 0.25) is 0 Å². The zero-order chi connectivity index (χ0) is 18.0. The van der Waals surface area contributed by atoms with Crippen LogP contribution in [-0.4, -0.2) is 34.2 Å². The number of rotatable bonds is 4. The summed E-state index contributed by atoms with van der Waals surface area (Å²) in [6.45, 7) is 2.28. The van der Waals surface area contributed by atoms with Gasteiger partial charge in [0.05, 0.1) is 7.11 Å². The first-order valence-electron chi connectivity index (χ1n) is 8.31. The van der Waals surface area contributed by atoms with E-state index in [1.54, 1.807) is 24.8 Å². The predicted octanol–water partition coefficient (Wildman–Crippen LogP) is 1.38. The topological polar surface area (TPSA) is 56.5 Å². The third-order valence-corrected chi connectivity index (χ3v) is 4.77. The molecule has 0 atom stereocenters. The maximum absolute atomic E-state index is 12.0. The highest BCUT2D eigenvalue weighted by molar-refractivity contribution is 5.67. The Morgan fingerprint density at radius 3 is 2.40 bits per heavy atom. The van der Waals surface area contributed by atoms with Crippen molar-refractivity contribution in [2.45, 2.75) is 13.0 Å². The van der Waals surface area contributed by atoms with Crippen LogP contribution < -0.4 is 16.0 Å². The fraction of sp³-hybridized carbons (Fsp3) is 0.368. The number of ether oxygens (including phenoxy) is 1. The monoisotopic (exact) mass is 341 g/mol. The second kappa shape index (κ2) is 7.11. The van der Waals surface area contributed by atoms with Crippen LogP contribution in [0.1, 0.15) is 17.7 Å². The van der Waals surface area contributed by atoms with Gasteiger partial charge in [0, 0.05) is 45.5 Å². The van der Waals surface area contributed by atoms with E-state index in [1.807, 2.05) is 12.1 Å². The Balaban J connectivity index is 1.73. The zero-order valence-corrected chi connectivity index (χ0v) is 14.9. The summed E-state index contributed by atoms with van der Waals surface area (Å²) < 4.78 is 7.87. The van der Waals surface area contributed by atoms with E-state index in [1.165, 1.54) is 18.2 Å². The minimum atomic E-state index is -0.283. The highest BCUT2D eigenvalue weighted by Crippen LogP contribution is 2.24. The second-order valence-corrected chi connectivity index (χ2v) is 6.32. The summed E-state index contributed by atoms with van der Waals surface area (Å²) in [7, 11) is 4.87. The fourth-order valence-corrected chi connectivity index (χ4v) is 3.08. The zero-order valence-electron chi connectivity index (χ0n) is 14.9. The molecule has 3 rings (SSSR count). The largest absolute Gasteiger partial charge is 0.497 e. The van der Waals surface area contributed by atoms with Crippen LogP contribution in [0.5, 0.6) is 5.75 Å². The SMILES string of the molecule is COc1ccc(C2=CCN(Cc3cc(=O)n(C)c(=O)n3C)CC2)cc1. The van der Waals surface area contributed by atoms with E-state index < -0.39 is 0 Å².